The Balaban J connectivity index is 0.000000198. The fraction of sp³-hybridized carbons (Fsp3) is 0.244. The van der Waals surface area contributed by atoms with E-state index in [1.807, 2.05) is 87.9 Å². The number of fused-ring (bicyclic) bond motifs is 2. The third-order valence-corrected chi connectivity index (χ3v) is 9.98. The Morgan fingerprint density at radius 2 is 1.04 bits per heavy atom. The van der Waals surface area contributed by atoms with Gasteiger partial charge in [0.2, 0.25) is 17.8 Å². The number of pyridine rings is 2. The van der Waals surface area contributed by atoms with Crippen molar-refractivity contribution in [3.8, 4) is 35.1 Å². The van der Waals surface area contributed by atoms with Crippen molar-refractivity contribution in [1.82, 2.24) is 64.2 Å². The predicted octanol–water partition coefficient (Wildman–Crippen LogP) is 5.51. The highest BCUT2D eigenvalue weighted by Crippen LogP contribution is 2.29. The van der Waals surface area contributed by atoms with Crippen LogP contribution in [0, 0.1) is 22.7 Å². The molecule has 6 heterocycles. The van der Waals surface area contributed by atoms with E-state index in [9.17, 15) is 10.5 Å². The maximum atomic E-state index is 9.80. The van der Waals surface area contributed by atoms with Crippen LogP contribution in [0.25, 0.3) is 11.3 Å². The fourth-order valence-electron chi connectivity index (χ4n) is 5.87. The van der Waals surface area contributed by atoms with E-state index in [-0.39, 0.29) is 17.5 Å². The molecule has 8 rings (SSSR count). The molecule has 7 N–H and O–H groups in total. The van der Waals surface area contributed by atoms with Gasteiger partial charge in [0.15, 0.2) is 28.1 Å². The molecule has 0 unspecified atom stereocenters. The summed E-state index contributed by atoms with van der Waals surface area (Å²) in [6, 6.07) is 26.0. The lowest BCUT2D eigenvalue weighted by Crippen LogP contribution is -2.30. The van der Waals surface area contributed by atoms with E-state index in [1.54, 1.807) is 49.1 Å². The molecule has 0 aliphatic rings. The van der Waals surface area contributed by atoms with Gasteiger partial charge in [0, 0.05) is 69.4 Å². The molecule has 68 heavy (non-hydrogen) atoms. The first-order valence-electron chi connectivity index (χ1n) is 20.9. The van der Waals surface area contributed by atoms with Crippen molar-refractivity contribution in [2.45, 2.75) is 5.16 Å². The molecule has 8 aromatic rings. The van der Waals surface area contributed by atoms with Gasteiger partial charge in [-0.15, -0.1) is 10.2 Å². The standard InChI is InChI=1S/C22H24N10O.C18H14N8OS.C5H14N2/c1-30(2)12-13-31(3)22-27-20-18(14-23)19(29-32(20)21(24)28-22)26-15-4-6-16(7-5-15)33-17-8-10-25-11-9-17;1-28-18-23-16-14(10-19)15(25-26(16)17(20)24-18)22-11-2-4-12(5-3-11)27-13-6-8-21-9-7-13;1-6-4-5-7(2)3/h4-11H,12-13H2,1-3H3,(H,26,29)(H2,24,27,28);2-9H,1H3,(H,22,25)(H2,20,23,24);6H,4-5H2,1-3H3. The molecule has 0 aliphatic carbocycles. The molecule has 0 spiro atoms. The minimum atomic E-state index is 0.150. The van der Waals surface area contributed by atoms with Gasteiger partial charge in [-0.25, -0.2) is 4.98 Å². The summed E-state index contributed by atoms with van der Waals surface area (Å²) in [6.07, 6.45) is 8.49. The molecular formula is C45H52N20O2S. The van der Waals surface area contributed by atoms with Crippen LogP contribution in [0.3, 0.4) is 0 Å². The first kappa shape index (κ1) is 49.1. The Morgan fingerprint density at radius 1 is 0.603 bits per heavy atom. The van der Waals surface area contributed by atoms with Gasteiger partial charge in [-0.1, -0.05) is 11.8 Å². The van der Waals surface area contributed by atoms with Gasteiger partial charge < -0.3 is 51.6 Å². The van der Waals surface area contributed by atoms with E-state index < -0.39 is 0 Å². The van der Waals surface area contributed by atoms with E-state index in [0.717, 1.165) is 31.0 Å². The topological polar surface area (TPSA) is 276 Å². The number of hydrogen-bond acceptors (Lipinski definition) is 21. The summed E-state index contributed by atoms with van der Waals surface area (Å²) in [5.41, 5.74) is 14.8. The van der Waals surface area contributed by atoms with Crippen molar-refractivity contribution < 1.29 is 9.47 Å². The summed E-state index contributed by atoms with van der Waals surface area (Å²) in [5, 5.41) is 37.9. The number of benzene rings is 2. The summed E-state index contributed by atoms with van der Waals surface area (Å²) in [5.74, 6) is 4.17. The highest BCUT2D eigenvalue weighted by Gasteiger charge is 2.20. The van der Waals surface area contributed by atoms with Crippen LogP contribution in [0.4, 0.5) is 40.9 Å². The number of nitriles is 2. The highest BCUT2D eigenvalue weighted by molar-refractivity contribution is 7.98. The van der Waals surface area contributed by atoms with Crippen molar-refractivity contribution in [2.24, 2.45) is 0 Å². The number of ether oxygens (including phenoxy) is 2. The summed E-state index contributed by atoms with van der Waals surface area (Å²) in [6.45, 7) is 3.73. The average Bonchev–Trinajstić information content (AvgIpc) is 3.89. The number of nitrogens with zero attached hydrogens (tertiary/aromatic N) is 15. The quantitative estimate of drug-likeness (QED) is 0.0747. The predicted molar refractivity (Wildman–Crippen MR) is 264 cm³/mol. The first-order chi connectivity index (χ1) is 32.9. The molecule has 23 heteroatoms. The van der Waals surface area contributed by atoms with Crippen molar-refractivity contribution in [1.29, 1.82) is 10.5 Å². The monoisotopic (exact) mass is 936 g/mol. The lowest BCUT2D eigenvalue weighted by atomic mass is 10.2. The van der Waals surface area contributed by atoms with Crippen LogP contribution < -0.4 is 41.8 Å². The van der Waals surface area contributed by atoms with E-state index >= 15 is 0 Å². The second-order valence-electron chi connectivity index (χ2n) is 15.1. The van der Waals surface area contributed by atoms with Gasteiger partial charge in [-0.3, -0.25) is 9.97 Å². The fourth-order valence-corrected chi connectivity index (χ4v) is 6.24. The molecular weight excluding hydrogens is 885 g/mol. The second-order valence-corrected chi connectivity index (χ2v) is 15.9. The zero-order chi connectivity index (χ0) is 48.6. The Morgan fingerprint density at radius 3 is 1.46 bits per heavy atom. The largest absolute Gasteiger partial charge is 0.457 e. The maximum Gasteiger partial charge on any atom is 0.230 e. The summed E-state index contributed by atoms with van der Waals surface area (Å²) < 4.78 is 14.2. The third kappa shape index (κ3) is 13.1. The van der Waals surface area contributed by atoms with Gasteiger partial charge in [-0.2, -0.15) is 34.5 Å². The van der Waals surface area contributed by atoms with Crippen LogP contribution in [0.5, 0.6) is 23.0 Å². The zero-order valence-electron chi connectivity index (χ0n) is 38.7. The molecule has 22 nitrogen and oxygen atoms in total. The molecule has 350 valence electrons. The Labute approximate surface area is 397 Å². The molecule has 0 atom stereocenters. The molecule has 0 aliphatic heterocycles. The first-order valence-corrected chi connectivity index (χ1v) is 22.1. The number of anilines is 7. The lowest BCUT2D eigenvalue weighted by molar-refractivity contribution is 0.407. The molecule has 0 saturated carbocycles. The molecule has 0 radical (unpaired) electrons. The van der Waals surface area contributed by atoms with E-state index in [1.165, 1.54) is 20.8 Å². The SMILES string of the molecule is CN(C)CCN(C)c1nc(N)n2nc(Nc3ccc(Oc4ccncc4)cc3)c(C#N)c2n1.CNCCN(C)C.CSc1nc(N)n2nc(Nc3ccc(Oc4ccncc4)cc3)c(C#N)c2n1. The molecule has 0 bridgehead atoms. The Bertz CT molecular complexity index is 2950. The van der Waals surface area contributed by atoms with Crippen molar-refractivity contribution >= 4 is 63.9 Å². The molecule has 6 aromatic heterocycles. The number of hydrogen-bond donors (Lipinski definition) is 5. The number of likely N-dealkylation sites (N-methyl/N-ethyl adjacent to an activating group) is 4. The molecule has 2 aromatic carbocycles. The highest BCUT2D eigenvalue weighted by atomic mass is 32.2. The molecule has 0 saturated heterocycles. The summed E-state index contributed by atoms with van der Waals surface area (Å²) >= 11 is 1.34. The Kier molecular flexibility index (Phi) is 17.1. The number of nitrogens with two attached hydrogens (primary N) is 2. The van der Waals surface area contributed by atoms with Crippen LogP contribution in [-0.4, -0.2) is 134 Å². The van der Waals surface area contributed by atoms with E-state index in [2.05, 4.69) is 92.1 Å². The third-order valence-electron chi connectivity index (χ3n) is 9.43. The molecule has 0 fully saturated rings. The van der Waals surface area contributed by atoms with Crippen LogP contribution in [0.1, 0.15) is 11.1 Å². The smallest absolute Gasteiger partial charge is 0.230 e. The maximum absolute atomic E-state index is 9.80. The van der Waals surface area contributed by atoms with Gasteiger partial charge >= 0.3 is 0 Å². The number of aromatic nitrogens is 10. The van der Waals surface area contributed by atoms with Crippen molar-refractivity contribution in [3.63, 3.8) is 0 Å². The Hall–Kier alpha value is -8.35. The van der Waals surface area contributed by atoms with Gasteiger partial charge in [-0.05, 0) is 114 Å². The second kappa shape index (κ2) is 23.7. The normalized spacial score (nSPS) is 10.7. The minimum absolute atomic E-state index is 0.150. The van der Waals surface area contributed by atoms with Crippen LogP contribution in [-0.2, 0) is 0 Å². The van der Waals surface area contributed by atoms with Crippen LogP contribution in [0.2, 0.25) is 0 Å². The average molecular weight is 937 g/mol. The van der Waals surface area contributed by atoms with Crippen molar-refractivity contribution in [3.05, 3.63) is 109 Å². The minimum Gasteiger partial charge on any atom is -0.457 e. The lowest BCUT2D eigenvalue weighted by Gasteiger charge is -2.19. The summed E-state index contributed by atoms with van der Waals surface area (Å²) in [4.78, 5) is 31.4. The van der Waals surface area contributed by atoms with Gasteiger partial charge in [0.1, 0.15) is 46.3 Å². The van der Waals surface area contributed by atoms with Crippen LogP contribution >= 0.6 is 11.8 Å². The number of thioether (sulfide) groups is 1. The number of rotatable bonds is 16. The van der Waals surface area contributed by atoms with Gasteiger partial charge in [0.05, 0.1) is 0 Å². The van der Waals surface area contributed by atoms with Crippen LogP contribution in [0.15, 0.2) is 103 Å². The van der Waals surface area contributed by atoms with E-state index in [4.69, 9.17) is 20.9 Å². The number of nitrogen functional groups attached to an aromatic ring is 2. The molecule has 0 amide bonds. The summed E-state index contributed by atoms with van der Waals surface area (Å²) in [7, 11) is 12.0. The number of nitrogens with one attached hydrogen (secondary N) is 3. The van der Waals surface area contributed by atoms with Gasteiger partial charge in [0.25, 0.3) is 0 Å². The zero-order valence-corrected chi connectivity index (χ0v) is 39.5. The van der Waals surface area contributed by atoms with Crippen molar-refractivity contribution in [2.75, 3.05) is 102 Å². The van der Waals surface area contributed by atoms with E-state index in [0.29, 0.717) is 69.1 Å².